The molecule has 0 fully saturated rings. The van der Waals surface area contributed by atoms with Crippen LogP contribution in [0.15, 0.2) is 77.2 Å². The molecule has 2 amide bonds. The van der Waals surface area contributed by atoms with Crippen LogP contribution in [0.3, 0.4) is 0 Å². The molecular formula is C28H23FN4O3. The molecule has 0 radical (unpaired) electrons. The number of benzene rings is 3. The Labute approximate surface area is 206 Å². The van der Waals surface area contributed by atoms with E-state index < -0.39 is 0 Å². The van der Waals surface area contributed by atoms with Crippen molar-refractivity contribution in [2.45, 2.75) is 6.92 Å². The maximum atomic E-state index is 13.5. The fourth-order valence-corrected chi connectivity index (χ4v) is 4.19. The molecule has 0 saturated carbocycles. The predicted molar refractivity (Wildman–Crippen MR) is 136 cm³/mol. The number of hydrogen-bond acceptors (Lipinski definition) is 4. The fourth-order valence-electron chi connectivity index (χ4n) is 4.19. The minimum absolute atomic E-state index is 0.256. The lowest BCUT2D eigenvalue weighted by atomic mass is 9.99. The van der Waals surface area contributed by atoms with Crippen molar-refractivity contribution in [3.05, 3.63) is 95.4 Å². The lowest BCUT2D eigenvalue weighted by molar-refractivity contribution is 0.0963. The van der Waals surface area contributed by atoms with Gasteiger partial charge in [-0.1, -0.05) is 18.2 Å². The number of nitrogens with zero attached hydrogens (tertiary/aromatic N) is 2. The first kappa shape index (κ1) is 23.0. The van der Waals surface area contributed by atoms with E-state index in [4.69, 9.17) is 4.42 Å². The van der Waals surface area contributed by atoms with Crippen LogP contribution >= 0.6 is 0 Å². The maximum absolute atomic E-state index is 13.5. The number of carbonyl (C=O) groups excluding carboxylic acids is 2. The van der Waals surface area contributed by atoms with Crippen molar-refractivity contribution in [3.63, 3.8) is 0 Å². The van der Waals surface area contributed by atoms with Gasteiger partial charge in [-0.25, -0.2) is 4.39 Å². The molecule has 0 spiro atoms. The second-order valence-corrected chi connectivity index (χ2v) is 8.43. The lowest BCUT2D eigenvalue weighted by Gasteiger charge is -2.08. The molecular weight excluding hydrogens is 459 g/mol. The number of aromatic nitrogens is 2. The minimum Gasteiger partial charge on any atom is -0.455 e. The van der Waals surface area contributed by atoms with Crippen molar-refractivity contribution in [1.82, 2.24) is 15.1 Å². The number of hydrogen-bond donors (Lipinski definition) is 2. The van der Waals surface area contributed by atoms with E-state index in [1.807, 2.05) is 31.2 Å². The largest absolute Gasteiger partial charge is 0.455 e. The number of aryl methyl sites for hydroxylation is 2. The third kappa shape index (κ3) is 4.24. The van der Waals surface area contributed by atoms with Crippen LogP contribution in [0.4, 0.5) is 10.2 Å². The van der Waals surface area contributed by atoms with Gasteiger partial charge >= 0.3 is 0 Å². The molecule has 2 N–H and O–H groups in total. The van der Waals surface area contributed by atoms with E-state index in [2.05, 4.69) is 15.7 Å². The molecule has 5 aromatic rings. The molecule has 180 valence electrons. The number of anilines is 1. The molecule has 2 aromatic heterocycles. The van der Waals surface area contributed by atoms with Crippen LogP contribution in [-0.2, 0) is 7.05 Å². The summed E-state index contributed by atoms with van der Waals surface area (Å²) in [7, 11) is 3.31. The van der Waals surface area contributed by atoms with Crippen molar-refractivity contribution in [1.29, 1.82) is 0 Å². The normalized spacial score (nSPS) is 11.0. The Balaban J connectivity index is 1.55. The summed E-state index contributed by atoms with van der Waals surface area (Å²) in [5.41, 5.74) is 4.39. The third-order valence-electron chi connectivity index (χ3n) is 5.95. The molecule has 0 aliphatic rings. The van der Waals surface area contributed by atoms with E-state index in [-0.39, 0.29) is 17.6 Å². The molecule has 0 bridgehead atoms. The smallest absolute Gasteiger partial charge is 0.256 e. The Bertz CT molecular complexity index is 1620. The SMILES string of the molecule is CNC(=O)c1c(-c2ccc(F)cc2)oc2ccc(-c3cccc(C(=O)Nc4cc(C)nn4C)c3)cc12. The van der Waals surface area contributed by atoms with E-state index in [1.165, 1.54) is 12.1 Å². The van der Waals surface area contributed by atoms with Crippen LogP contribution in [0.5, 0.6) is 0 Å². The molecule has 0 atom stereocenters. The van der Waals surface area contributed by atoms with E-state index in [0.29, 0.717) is 39.2 Å². The summed E-state index contributed by atoms with van der Waals surface area (Å²) in [6, 6.07) is 20.3. The van der Waals surface area contributed by atoms with Crippen LogP contribution in [0.1, 0.15) is 26.4 Å². The average molecular weight is 483 g/mol. The van der Waals surface area contributed by atoms with Crippen LogP contribution < -0.4 is 10.6 Å². The summed E-state index contributed by atoms with van der Waals surface area (Å²) in [5, 5.41) is 10.4. The quantitative estimate of drug-likeness (QED) is 0.343. The van der Waals surface area contributed by atoms with Gasteiger partial charge in [0.2, 0.25) is 0 Å². The highest BCUT2D eigenvalue weighted by Crippen LogP contribution is 2.36. The topological polar surface area (TPSA) is 89.2 Å². The van der Waals surface area contributed by atoms with E-state index >= 15 is 0 Å². The highest BCUT2D eigenvalue weighted by Gasteiger charge is 2.22. The number of halogens is 1. The molecule has 0 aliphatic heterocycles. The van der Waals surface area contributed by atoms with Crippen molar-refractivity contribution >= 4 is 28.6 Å². The first-order chi connectivity index (χ1) is 17.3. The second-order valence-electron chi connectivity index (χ2n) is 8.43. The maximum Gasteiger partial charge on any atom is 0.256 e. The minimum atomic E-state index is -0.374. The number of rotatable bonds is 5. The first-order valence-electron chi connectivity index (χ1n) is 11.3. The summed E-state index contributed by atoms with van der Waals surface area (Å²) in [6.07, 6.45) is 0. The summed E-state index contributed by atoms with van der Waals surface area (Å²) >= 11 is 0. The first-order valence-corrected chi connectivity index (χ1v) is 11.3. The van der Waals surface area contributed by atoms with Crippen molar-refractivity contribution < 1.29 is 18.4 Å². The molecule has 0 aliphatic carbocycles. The van der Waals surface area contributed by atoms with Crippen LogP contribution in [-0.4, -0.2) is 28.6 Å². The highest BCUT2D eigenvalue weighted by atomic mass is 19.1. The van der Waals surface area contributed by atoms with Gasteiger partial charge in [-0.15, -0.1) is 0 Å². The molecule has 2 heterocycles. The third-order valence-corrected chi connectivity index (χ3v) is 5.95. The van der Waals surface area contributed by atoms with Gasteiger partial charge in [0.1, 0.15) is 23.0 Å². The van der Waals surface area contributed by atoms with Gasteiger partial charge in [-0.2, -0.15) is 5.10 Å². The Kier molecular flexibility index (Phi) is 5.85. The van der Waals surface area contributed by atoms with Gasteiger partial charge in [0.15, 0.2) is 0 Å². The van der Waals surface area contributed by atoms with Gasteiger partial charge in [0.25, 0.3) is 11.8 Å². The van der Waals surface area contributed by atoms with Crippen molar-refractivity contribution in [2.75, 3.05) is 12.4 Å². The number of fused-ring (bicyclic) bond motifs is 1. The van der Waals surface area contributed by atoms with E-state index in [9.17, 15) is 14.0 Å². The second kappa shape index (κ2) is 9.14. The standard InChI is InChI=1S/C28H23FN4O3/c1-16-13-24(33(3)32-16)31-27(34)20-6-4-5-18(14-20)19-9-12-23-22(15-19)25(28(35)30-2)26(36-23)17-7-10-21(29)11-8-17/h4-15H,1-3H3,(H,30,35)(H,31,34). The van der Waals surface area contributed by atoms with Gasteiger partial charge in [-0.3, -0.25) is 14.3 Å². The van der Waals surface area contributed by atoms with Crippen LogP contribution in [0.25, 0.3) is 33.4 Å². The average Bonchev–Trinajstić information content (AvgIpc) is 3.42. The molecule has 0 saturated heterocycles. The van der Waals surface area contributed by atoms with Crippen LogP contribution in [0, 0.1) is 12.7 Å². The summed E-state index contributed by atoms with van der Waals surface area (Å²) in [4.78, 5) is 25.7. The molecule has 36 heavy (non-hydrogen) atoms. The molecule has 7 nitrogen and oxygen atoms in total. The van der Waals surface area contributed by atoms with Crippen molar-refractivity contribution in [3.8, 4) is 22.5 Å². The number of nitrogens with one attached hydrogen (secondary N) is 2. The Hall–Kier alpha value is -4.72. The van der Waals surface area contributed by atoms with Gasteiger partial charge < -0.3 is 15.1 Å². The van der Waals surface area contributed by atoms with E-state index in [0.717, 1.165) is 16.8 Å². The summed E-state index contributed by atoms with van der Waals surface area (Å²) in [5.74, 6) is 0.0205. The molecule has 0 unspecified atom stereocenters. The number of amides is 2. The Morgan fingerprint density at radius 1 is 0.917 bits per heavy atom. The Morgan fingerprint density at radius 2 is 1.64 bits per heavy atom. The molecule has 5 rings (SSSR count). The summed E-state index contributed by atoms with van der Waals surface area (Å²) in [6.45, 7) is 1.86. The zero-order valence-electron chi connectivity index (χ0n) is 19.9. The monoisotopic (exact) mass is 482 g/mol. The molecule has 8 heteroatoms. The molecule has 3 aromatic carbocycles. The predicted octanol–water partition coefficient (Wildman–Crippen LogP) is 5.56. The van der Waals surface area contributed by atoms with Gasteiger partial charge in [0.05, 0.1) is 11.3 Å². The van der Waals surface area contributed by atoms with Crippen LogP contribution in [0.2, 0.25) is 0 Å². The highest BCUT2D eigenvalue weighted by molar-refractivity contribution is 6.12. The fraction of sp³-hybridized carbons (Fsp3) is 0.107. The zero-order valence-corrected chi connectivity index (χ0v) is 19.9. The van der Waals surface area contributed by atoms with Crippen molar-refractivity contribution in [2.24, 2.45) is 7.05 Å². The van der Waals surface area contributed by atoms with E-state index in [1.54, 1.807) is 55.2 Å². The van der Waals surface area contributed by atoms with Gasteiger partial charge in [0, 0.05) is 36.7 Å². The zero-order chi connectivity index (χ0) is 25.4. The summed E-state index contributed by atoms with van der Waals surface area (Å²) < 4.78 is 21.1. The number of carbonyl (C=O) groups is 2. The van der Waals surface area contributed by atoms with Gasteiger partial charge in [-0.05, 0) is 66.6 Å². The lowest BCUT2D eigenvalue weighted by Crippen LogP contribution is -2.18. The number of furan rings is 1. The Morgan fingerprint density at radius 3 is 2.33 bits per heavy atom.